The molecule has 2 unspecified atom stereocenters. The summed E-state index contributed by atoms with van der Waals surface area (Å²) in [6.45, 7) is 4.11. The molecule has 2 atom stereocenters. The highest BCUT2D eigenvalue weighted by molar-refractivity contribution is 4.79. The summed E-state index contributed by atoms with van der Waals surface area (Å²) in [5, 5.41) is 0. The average Bonchev–Trinajstić information content (AvgIpc) is 2.55. The van der Waals surface area contributed by atoms with Crippen molar-refractivity contribution in [2.75, 3.05) is 26.2 Å². The van der Waals surface area contributed by atoms with Gasteiger partial charge in [0.1, 0.15) is 0 Å². The molecule has 2 N–H and O–H groups in total. The summed E-state index contributed by atoms with van der Waals surface area (Å²) < 4.78 is 5.83. The topological polar surface area (TPSA) is 38.5 Å². The first-order valence-corrected chi connectivity index (χ1v) is 6.96. The minimum Gasteiger partial charge on any atom is -0.377 e. The van der Waals surface area contributed by atoms with Gasteiger partial charge < -0.3 is 10.5 Å². The van der Waals surface area contributed by atoms with Crippen molar-refractivity contribution in [3.8, 4) is 0 Å². The Balaban J connectivity index is 1.83. The first kappa shape index (κ1) is 12.3. The Morgan fingerprint density at radius 2 is 1.94 bits per heavy atom. The van der Waals surface area contributed by atoms with Gasteiger partial charge in [-0.1, -0.05) is 12.8 Å². The van der Waals surface area contributed by atoms with Crippen molar-refractivity contribution in [1.29, 1.82) is 0 Å². The quantitative estimate of drug-likeness (QED) is 0.797. The molecule has 3 heteroatoms. The normalized spacial score (nSPS) is 33.6. The molecule has 0 saturated carbocycles. The summed E-state index contributed by atoms with van der Waals surface area (Å²) in [4.78, 5) is 2.59. The molecule has 2 heterocycles. The van der Waals surface area contributed by atoms with Crippen LogP contribution in [0.1, 0.15) is 44.9 Å². The number of rotatable bonds is 3. The van der Waals surface area contributed by atoms with Crippen molar-refractivity contribution >= 4 is 0 Å². The third-order valence-corrected chi connectivity index (χ3v) is 3.98. The summed E-state index contributed by atoms with van der Waals surface area (Å²) in [5.74, 6) is 0. The molecule has 0 aromatic carbocycles. The molecule has 0 aromatic heterocycles. The highest BCUT2D eigenvalue weighted by atomic mass is 16.5. The van der Waals surface area contributed by atoms with E-state index in [-0.39, 0.29) is 0 Å². The fourth-order valence-electron chi connectivity index (χ4n) is 2.96. The number of hydrogen-bond acceptors (Lipinski definition) is 3. The van der Waals surface area contributed by atoms with Crippen molar-refractivity contribution in [3.63, 3.8) is 0 Å². The Hall–Kier alpha value is -0.120. The predicted octanol–water partition coefficient (Wildman–Crippen LogP) is 1.76. The molecule has 0 spiro atoms. The van der Waals surface area contributed by atoms with E-state index in [0.29, 0.717) is 12.1 Å². The lowest BCUT2D eigenvalue weighted by Gasteiger charge is -2.33. The summed E-state index contributed by atoms with van der Waals surface area (Å²) >= 11 is 0. The van der Waals surface area contributed by atoms with Gasteiger partial charge in [-0.25, -0.2) is 0 Å². The number of hydrogen-bond donors (Lipinski definition) is 1. The minimum atomic E-state index is 0.473. The van der Waals surface area contributed by atoms with Crippen molar-refractivity contribution in [2.45, 2.75) is 57.1 Å². The van der Waals surface area contributed by atoms with Crippen LogP contribution in [-0.4, -0.2) is 43.3 Å². The molecular weight excluding hydrogens is 200 g/mol. The molecule has 2 aliphatic rings. The van der Waals surface area contributed by atoms with Crippen molar-refractivity contribution < 1.29 is 4.74 Å². The van der Waals surface area contributed by atoms with Gasteiger partial charge in [0.25, 0.3) is 0 Å². The smallest absolute Gasteiger partial charge is 0.0702 e. The highest BCUT2D eigenvalue weighted by Gasteiger charge is 2.24. The summed E-state index contributed by atoms with van der Waals surface area (Å²) in [7, 11) is 0. The Morgan fingerprint density at radius 1 is 1.06 bits per heavy atom. The summed E-state index contributed by atoms with van der Waals surface area (Å²) in [5.41, 5.74) is 5.89. The van der Waals surface area contributed by atoms with Gasteiger partial charge in [0, 0.05) is 25.7 Å². The molecule has 2 rings (SSSR count). The van der Waals surface area contributed by atoms with E-state index in [4.69, 9.17) is 10.5 Å². The van der Waals surface area contributed by atoms with E-state index in [1.807, 2.05) is 0 Å². The molecule has 94 valence electrons. The predicted molar refractivity (Wildman–Crippen MR) is 66.5 cm³/mol. The van der Waals surface area contributed by atoms with E-state index >= 15 is 0 Å². The summed E-state index contributed by atoms with van der Waals surface area (Å²) in [6.07, 6.45) is 9.64. The molecule has 16 heavy (non-hydrogen) atoms. The highest BCUT2D eigenvalue weighted by Crippen LogP contribution is 2.20. The SMILES string of the molecule is NCC1CCCCCN1CC1CCCCO1. The van der Waals surface area contributed by atoms with Crippen LogP contribution in [0.25, 0.3) is 0 Å². The van der Waals surface area contributed by atoms with Crippen LogP contribution in [0.3, 0.4) is 0 Å². The molecular formula is C13H26N2O. The van der Waals surface area contributed by atoms with E-state index < -0.39 is 0 Å². The minimum absolute atomic E-state index is 0.473. The van der Waals surface area contributed by atoms with Crippen LogP contribution in [0.4, 0.5) is 0 Å². The van der Waals surface area contributed by atoms with Crippen molar-refractivity contribution in [1.82, 2.24) is 4.90 Å². The lowest BCUT2D eigenvalue weighted by atomic mass is 10.1. The molecule has 0 aromatic rings. The third-order valence-electron chi connectivity index (χ3n) is 3.98. The standard InChI is InChI=1S/C13H26N2O/c14-10-12-6-2-1-4-8-15(12)11-13-7-3-5-9-16-13/h12-13H,1-11,14H2. The number of ether oxygens (including phenoxy) is 1. The van der Waals surface area contributed by atoms with Gasteiger partial charge in [0.2, 0.25) is 0 Å². The second-order valence-electron chi connectivity index (χ2n) is 5.22. The molecule has 0 radical (unpaired) electrons. The number of nitrogens with zero attached hydrogens (tertiary/aromatic N) is 1. The van der Waals surface area contributed by atoms with Gasteiger partial charge in [-0.15, -0.1) is 0 Å². The first-order chi connectivity index (χ1) is 7.90. The van der Waals surface area contributed by atoms with Crippen molar-refractivity contribution in [2.24, 2.45) is 5.73 Å². The molecule has 0 aliphatic carbocycles. The van der Waals surface area contributed by atoms with E-state index in [1.165, 1.54) is 51.5 Å². The van der Waals surface area contributed by atoms with Gasteiger partial charge in [-0.3, -0.25) is 4.90 Å². The molecule has 2 fully saturated rings. The van der Waals surface area contributed by atoms with E-state index in [1.54, 1.807) is 0 Å². The van der Waals surface area contributed by atoms with E-state index in [2.05, 4.69) is 4.90 Å². The van der Waals surface area contributed by atoms with Crippen LogP contribution in [0.15, 0.2) is 0 Å². The fourth-order valence-corrected chi connectivity index (χ4v) is 2.96. The molecule has 0 bridgehead atoms. The zero-order valence-corrected chi connectivity index (χ0v) is 10.4. The zero-order valence-electron chi connectivity index (χ0n) is 10.4. The number of likely N-dealkylation sites (tertiary alicyclic amines) is 1. The fraction of sp³-hybridized carbons (Fsp3) is 1.00. The Morgan fingerprint density at radius 3 is 2.69 bits per heavy atom. The van der Waals surface area contributed by atoms with Crippen LogP contribution in [-0.2, 0) is 4.74 Å². The summed E-state index contributed by atoms with van der Waals surface area (Å²) in [6, 6.07) is 0.605. The van der Waals surface area contributed by atoms with Gasteiger partial charge in [-0.2, -0.15) is 0 Å². The maximum Gasteiger partial charge on any atom is 0.0702 e. The Kier molecular flexibility index (Phi) is 5.07. The maximum absolute atomic E-state index is 5.89. The first-order valence-electron chi connectivity index (χ1n) is 6.96. The largest absolute Gasteiger partial charge is 0.377 e. The van der Waals surface area contributed by atoms with E-state index in [0.717, 1.165) is 19.7 Å². The second-order valence-corrected chi connectivity index (χ2v) is 5.22. The lowest BCUT2D eigenvalue weighted by molar-refractivity contribution is -0.0125. The van der Waals surface area contributed by atoms with Gasteiger partial charge in [0.05, 0.1) is 6.10 Å². The lowest BCUT2D eigenvalue weighted by Crippen LogP contribution is -2.45. The van der Waals surface area contributed by atoms with Gasteiger partial charge in [0.15, 0.2) is 0 Å². The molecule has 2 saturated heterocycles. The van der Waals surface area contributed by atoms with Gasteiger partial charge >= 0.3 is 0 Å². The Bertz CT molecular complexity index is 192. The number of nitrogens with two attached hydrogens (primary N) is 1. The maximum atomic E-state index is 5.89. The van der Waals surface area contributed by atoms with Crippen LogP contribution >= 0.6 is 0 Å². The van der Waals surface area contributed by atoms with Crippen molar-refractivity contribution in [3.05, 3.63) is 0 Å². The van der Waals surface area contributed by atoms with Crippen LogP contribution in [0.2, 0.25) is 0 Å². The molecule has 3 nitrogen and oxygen atoms in total. The van der Waals surface area contributed by atoms with Crippen LogP contribution in [0, 0.1) is 0 Å². The molecule has 0 amide bonds. The zero-order chi connectivity index (χ0) is 11.2. The monoisotopic (exact) mass is 226 g/mol. The second kappa shape index (κ2) is 6.58. The average molecular weight is 226 g/mol. The molecule has 2 aliphatic heterocycles. The van der Waals surface area contributed by atoms with Crippen LogP contribution < -0.4 is 5.73 Å². The van der Waals surface area contributed by atoms with E-state index in [9.17, 15) is 0 Å². The van der Waals surface area contributed by atoms with Crippen LogP contribution in [0.5, 0.6) is 0 Å². The third kappa shape index (κ3) is 3.44. The Labute approximate surface area is 99.3 Å². The van der Waals surface area contributed by atoms with Gasteiger partial charge in [-0.05, 0) is 38.6 Å².